The molecule has 41 heavy (non-hydrogen) atoms. The zero-order chi connectivity index (χ0) is 31.1. The summed E-state index contributed by atoms with van der Waals surface area (Å²) in [6.07, 6.45) is 5.60. The third kappa shape index (κ3) is 5.88. The van der Waals surface area contributed by atoms with Crippen LogP contribution in [0.15, 0.2) is 25.3 Å². The van der Waals surface area contributed by atoms with Crippen LogP contribution in [0.5, 0.6) is 0 Å². The van der Waals surface area contributed by atoms with Gasteiger partial charge in [-0.05, 0) is 63.7 Å². The van der Waals surface area contributed by atoms with E-state index in [4.69, 9.17) is 9.47 Å². The van der Waals surface area contributed by atoms with Gasteiger partial charge in [0, 0.05) is 12.1 Å². The van der Waals surface area contributed by atoms with E-state index in [2.05, 4.69) is 33.9 Å². The number of hydrogen-bond acceptors (Lipinski definition) is 6. The van der Waals surface area contributed by atoms with Crippen LogP contribution in [-0.2, 0) is 23.9 Å². The zero-order valence-electron chi connectivity index (χ0n) is 26.9. The van der Waals surface area contributed by atoms with E-state index in [9.17, 15) is 19.5 Å². The zero-order valence-corrected chi connectivity index (χ0v) is 26.9. The second-order valence-electron chi connectivity index (χ2n) is 14.9. The second kappa shape index (κ2) is 11.8. The number of aliphatic hydroxyl groups is 1. The summed E-state index contributed by atoms with van der Waals surface area (Å²) in [4.78, 5) is 46.5. The van der Waals surface area contributed by atoms with Crippen LogP contribution in [0.3, 0.4) is 0 Å². The Kier molecular flexibility index (Phi) is 9.61. The molecule has 0 aromatic heterocycles. The average Bonchev–Trinajstić information content (AvgIpc) is 3.35. The maximum atomic E-state index is 14.9. The van der Waals surface area contributed by atoms with Crippen molar-refractivity contribution in [2.45, 2.75) is 117 Å². The van der Waals surface area contributed by atoms with E-state index in [-0.39, 0.29) is 42.3 Å². The van der Waals surface area contributed by atoms with Gasteiger partial charge in [0.1, 0.15) is 17.6 Å². The topological polar surface area (TPSA) is 96.4 Å². The fraction of sp³-hybridized carbons (Fsp3) is 0.788. The van der Waals surface area contributed by atoms with Crippen molar-refractivity contribution in [2.24, 2.45) is 29.1 Å². The molecule has 0 radical (unpaired) electrons. The lowest BCUT2D eigenvalue weighted by molar-refractivity contribution is -0.165. The molecule has 1 spiro atoms. The van der Waals surface area contributed by atoms with Crippen molar-refractivity contribution in [1.82, 2.24) is 9.80 Å². The van der Waals surface area contributed by atoms with E-state index < -0.39 is 46.6 Å². The molecule has 3 unspecified atom stereocenters. The lowest BCUT2D eigenvalue weighted by atomic mass is 9.62. The minimum Gasteiger partial charge on any atom is -0.465 e. The standard InChI is InChI=1S/C33H54N2O6/c1-12-14-16-40-29(39)25-24-27(37)35(23(19-36)17-21(3)4)26(33(24)18-22(5)32(25,11)41-33)28(38)34(15-13-2)31(9,10)20-30(6,7)8/h12-13,21-26,36H,1-2,14-20H2,3-11H3/t22?,23-,24+,25+,26?,32-,33?/m1/s1. The smallest absolute Gasteiger partial charge is 0.312 e. The van der Waals surface area contributed by atoms with Gasteiger partial charge in [-0.2, -0.15) is 0 Å². The first-order valence-corrected chi connectivity index (χ1v) is 15.2. The van der Waals surface area contributed by atoms with Gasteiger partial charge in [0.25, 0.3) is 0 Å². The third-order valence-corrected chi connectivity index (χ3v) is 9.43. The predicted octanol–water partition coefficient (Wildman–Crippen LogP) is 4.75. The first kappa shape index (κ1) is 33.3. The largest absolute Gasteiger partial charge is 0.465 e. The molecule has 2 amide bonds. The molecular formula is C33H54N2O6. The Hall–Kier alpha value is -2.19. The van der Waals surface area contributed by atoms with Crippen LogP contribution in [0, 0.1) is 29.1 Å². The molecule has 0 aromatic carbocycles. The quantitative estimate of drug-likeness (QED) is 0.194. The molecule has 232 valence electrons. The highest BCUT2D eigenvalue weighted by Gasteiger charge is 2.81. The number of amides is 2. The lowest BCUT2D eigenvalue weighted by Crippen LogP contribution is -2.62. The molecule has 8 nitrogen and oxygen atoms in total. The molecule has 3 saturated heterocycles. The summed E-state index contributed by atoms with van der Waals surface area (Å²) in [5.74, 6) is -2.65. The normalized spacial score (nSPS) is 31.8. The second-order valence-corrected chi connectivity index (χ2v) is 14.9. The Bertz CT molecular complexity index is 1030. The van der Waals surface area contributed by atoms with Crippen molar-refractivity contribution >= 4 is 17.8 Å². The maximum absolute atomic E-state index is 14.9. The van der Waals surface area contributed by atoms with Crippen molar-refractivity contribution in [3.8, 4) is 0 Å². The van der Waals surface area contributed by atoms with Gasteiger partial charge in [-0.1, -0.05) is 53.7 Å². The minimum absolute atomic E-state index is 0.0644. The monoisotopic (exact) mass is 574 g/mol. The van der Waals surface area contributed by atoms with Gasteiger partial charge in [-0.15, -0.1) is 13.2 Å². The fourth-order valence-electron chi connectivity index (χ4n) is 8.17. The third-order valence-electron chi connectivity index (χ3n) is 9.43. The molecule has 1 N–H and O–H groups in total. The van der Waals surface area contributed by atoms with Crippen molar-refractivity contribution < 1.29 is 29.0 Å². The number of hydrogen-bond donors (Lipinski definition) is 1. The number of ether oxygens (including phenoxy) is 2. The molecule has 3 fully saturated rings. The highest BCUT2D eigenvalue weighted by atomic mass is 16.6. The Morgan fingerprint density at radius 3 is 2.37 bits per heavy atom. The molecule has 0 aromatic rings. The Morgan fingerprint density at radius 2 is 1.85 bits per heavy atom. The van der Waals surface area contributed by atoms with Crippen LogP contribution >= 0.6 is 0 Å². The van der Waals surface area contributed by atoms with Crippen LogP contribution in [0.2, 0.25) is 0 Å². The summed E-state index contributed by atoms with van der Waals surface area (Å²) in [5, 5.41) is 10.6. The number of rotatable bonds is 13. The number of carbonyl (C=O) groups excluding carboxylic acids is 3. The van der Waals surface area contributed by atoms with Crippen LogP contribution < -0.4 is 0 Å². The average molecular weight is 575 g/mol. The molecule has 3 aliphatic heterocycles. The maximum Gasteiger partial charge on any atom is 0.312 e. The Labute approximate surface area is 247 Å². The van der Waals surface area contributed by atoms with E-state index in [0.717, 1.165) is 6.42 Å². The van der Waals surface area contributed by atoms with Crippen LogP contribution in [0.1, 0.15) is 88.0 Å². The minimum atomic E-state index is -1.20. The molecule has 7 atom stereocenters. The van der Waals surface area contributed by atoms with E-state index in [1.54, 1.807) is 17.1 Å². The van der Waals surface area contributed by atoms with Gasteiger partial charge in [-0.25, -0.2) is 0 Å². The van der Waals surface area contributed by atoms with E-state index >= 15 is 0 Å². The summed E-state index contributed by atoms with van der Waals surface area (Å²) in [6.45, 7) is 26.3. The summed E-state index contributed by atoms with van der Waals surface area (Å²) >= 11 is 0. The Morgan fingerprint density at radius 1 is 1.22 bits per heavy atom. The number of fused-ring (bicyclic) bond motifs is 1. The van der Waals surface area contributed by atoms with Crippen LogP contribution in [0.25, 0.3) is 0 Å². The van der Waals surface area contributed by atoms with Gasteiger partial charge < -0.3 is 24.4 Å². The summed E-state index contributed by atoms with van der Waals surface area (Å²) in [5.41, 5.74) is -2.78. The lowest BCUT2D eigenvalue weighted by Gasteiger charge is -2.46. The van der Waals surface area contributed by atoms with E-state index in [1.165, 1.54) is 0 Å². The van der Waals surface area contributed by atoms with E-state index in [1.807, 2.05) is 46.4 Å². The van der Waals surface area contributed by atoms with Crippen LogP contribution in [-0.4, -0.2) is 81.3 Å². The Balaban J connectivity index is 2.19. The van der Waals surface area contributed by atoms with Gasteiger partial charge >= 0.3 is 5.97 Å². The summed E-state index contributed by atoms with van der Waals surface area (Å²) in [7, 11) is 0. The molecule has 3 aliphatic rings. The predicted molar refractivity (Wildman–Crippen MR) is 160 cm³/mol. The van der Waals surface area contributed by atoms with Crippen LogP contribution in [0.4, 0.5) is 0 Å². The van der Waals surface area contributed by atoms with Crippen molar-refractivity contribution in [2.75, 3.05) is 19.8 Å². The van der Waals surface area contributed by atoms with Gasteiger partial charge in [-0.3, -0.25) is 14.4 Å². The first-order valence-electron chi connectivity index (χ1n) is 15.2. The van der Waals surface area contributed by atoms with E-state index in [0.29, 0.717) is 25.8 Å². The van der Waals surface area contributed by atoms with Gasteiger partial charge in [0.15, 0.2) is 0 Å². The number of carbonyl (C=O) groups is 3. The molecule has 2 bridgehead atoms. The highest BCUT2D eigenvalue weighted by molar-refractivity contribution is 5.99. The fourth-order valence-corrected chi connectivity index (χ4v) is 8.17. The van der Waals surface area contributed by atoms with Gasteiger partial charge in [0.2, 0.25) is 11.8 Å². The molecule has 3 rings (SSSR count). The first-order chi connectivity index (χ1) is 18.9. The molecular weight excluding hydrogens is 520 g/mol. The highest BCUT2D eigenvalue weighted by Crippen LogP contribution is 2.66. The number of aliphatic hydroxyl groups excluding tert-OH is 1. The van der Waals surface area contributed by atoms with Crippen molar-refractivity contribution in [3.05, 3.63) is 25.3 Å². The SMILES string of the molecule is C=CCCOC(=O)[C@@H]1[C@H]2C(=O)N([C@@H](CO)CC(C)C)C(C(=O)N(CC=C)C(C)(C)CC(C)(C)C)C23CC(C)[C@@]1(C)O3. The van der Waals surface area contributed by atoms with Gasteiger partial charge in [0.05, 0.1) is 30.8 Å². The molecule has 0 saturated carbocycles. The number of nitrogens with zero attached hydrogens (tertiary/aromatic N) is 2. The van der Waals surface area contributed by atoms with Crippen molar-refractivity contribution in [3.63, 3.8) is 0 Å². The van der Waals surface area contributed by atoms with Crippen molar-refractivity contribution in [1.29, 1.82) is 0 Å². The molecule has 0 aliphatic carbocycles. The molecule has 3 heterocycles. The number of esters is 1. The summed E-state index contributed by atoms with van der Waals surface area (Å²) < 4.78 is 12.5. The summed E-state index contributed by atoms with van der Waals surface area (Å²) in [6, 6.07) is -1.57. The number of likely N-dealkylation sites (tertiary alicyclic amines) is 1. The molecule has 8 heteroatoms.